The zero-order chi connectivity index (χ0) is 76.7. The van der Waals surface area contributed by atoms with Crippen molar-refractivity contribution in [1.29, 1.82) is 0 Å². The molecule has 2 unspecified atom stereocenters. The Balaban J connectivity index is 0.000000135. The summed E-state index contributed by atoms with van der Waals surface area (Å²) in [4.78, 5) is 75.0. The fourth-order valence-corrected chi connectivity index (χ4v) is 14.7. The van der Waals surface area contributed by atoms with Crippen LogP contribution >= 0.6 is 0 Å². The van der Waals surface area contributed by atoms with Crippen LogP contribution in [0.4, 0.5) is 38.9 Å². The zero-order valence-corrected chi connectivity index (χ0v) is 62.9. The van der Waals surface area contributed by atoms with Gasteiger partial charge >= 0.3 is 6.09 Å². The van der Waals surface area contributed by atoms with Crippen LogP contribution in [0.25, 0.3) is 33.8 Å². The Bertz CT molecular complexity index is 5430. The van der Waals surface area contributed by atoms with Gasteiger partial charge in [-0.3, -0.25) is 24.4 Å². The summed E-state index contributed by atoms with van der Waals surface area (Å²) in [6, 6.07) is 58.3. The molecular formula is C87H91N13O11. The second-order valence-corrected chi connectivity index (χ2v) is 29.3. The second kappa shape index (κ2) is 32.9. The standard InChI is InChI=1S/C35H39N5O5.C30H31N5O3.C22H21N3O3/c1-22-7-5-10-28(37-22)30(21-36-34(42)45-35(2,3)4)38-25-11-12-31-24(18-25)17-23-8-6-9-27(33(23)44-31)29-19-26(20-32(41)39-29)40-13-15-43-16-14-40;1-19-4-2-7-25(32-19)27(18-31)33-22-8-9-28-21(15-22)14-20-5-3-6-24(30(20)38-28)26-16-23(17-29(36)34-26)35-10-12-37-13-11-35;23-16-4-5-20-15(11-16)10-14-2-1-3-18(22(14)28-20)19-12-17(13-21(26)24-19)25-6-8-27-9-7-25/h5-12,18-20,30,38H,13-17,21H2,1-4H3,(H,36,42)(H,39,41);2-9,15-17,27,33H,10-14,18,31H2,1H3,(H,34,36);1-5,11-13H,6-10,23H2,(H,24,26). The number of fused-ring (bicyclic) bond motifs is 6. The average molecular weight is 1490 g/mol. The Labute approximate surface area is 643 Å². The molecule has 0 radical (unpaired) electrons. The minimum Gasteiger partial charge on any atom is -0.456 e. The van der Waals surface area contributed by atoms with Gasteiger partial charge in [0, 0.05) is 169 Å². The lowest BCUT2D eigenvalue weighted by molar-refractivity contribution is 0.0525. The molecule has 6 aromatic carbocycles. The smallest absolute Gasteiger partial charge is 0.407 e. The Morgan fingerprint density at radius 1 is 0.468 bits per heavy atom. The van der Waals surface area contributed by atoms with Gasteiger partial charge in [-0.1, -0.05) is 48.5 Å². The molecule has 0 saturated carbocycles. The molecule has 5 aromatic heterocycles. The van der Waals surface area contributed by atoms with Gasteiger partial charge in [0.1, 0.15) is 40.1 Å². The molecule has 11 heterocycles. The van der Waals surface area contributed by atoms with Crippen LogP contribution in [0.2, 0.25) is 0 Å². The van der Waals surface area contributed by atoms with E-state index in [4.69, 9.17) is 49.6 Å². The normalized spacial score (nSPS) is 15.2. The van der Waals surface area contributed by atoms with Crippen LogP contribution in [0.3, 0.4) is 0 Å². The van der Waals surface area contributed by atoms with Crippen molar-refractivity contribution in [1.82, 2.24) is 30.2 Å². The van der Waals surface area contributed by atoms with Crippen LogP contribution in [0, 0.1) is 13.8 Å². The minimum atomic E-state index is -0.593. The first-order chi connectivity index (χ1) is 53.8. The Morgan fingerprint density at radius 3 is 1.23 bits per heavy atom. The number of morpholine rings is 3. The molecule has 2 atom stereocenters. The molecule has 11 aromatic rings. The number of aromatic nitrogens is 5. The summed E-state index contributed by atoms with van der Waals surface area (Å²) in [6.45, 7) is 18.7. The van der Waals surface area contributed by atoms with E-state index in [2.05, 4.69) is 80.9 Å². The predicted molar refractivity (Wildman–Crippen MR) is 433 cm³/mol. The number of nitrogens with one attached hydrogen (secondary N) is 6. The van der Waals surface area contributed by atoms with E-state index in [9.17, 15) is 19.2 Å². The molecule has 570 valence electrons. The Kier molecular flexibility index (Phi) is 22.0. The van der Waals surface area contributed by atoms with Crippen molar-refractivity contribution in [3.05, 3.63) is 269 Å². The molecule has 3 saturated heterocycles. The van der Waals surface area contributed by atoms with Gasteiger partial charge in [0.05, 0.1) is 80.2 Å². The van der Waals surface area contributed by atoms with Crippen LogP contribution < -0.4 is 73.0 Å². The van der Waals surface area contributed by atoms with Gasteiger partial charge in [0.2, 0.25) is 16.7 Å². The maximum absolute atomic E-state index is 12.7. The molecule has 6 aliphatic rings. The van der Waals surface area contributed by atoms with Crippen molar-refractivity contribution >= 4 is 40.2 Å². The van der Waals surface area contributed by atoms with E-state index in [1.54, 1.807) is 18.2 Å². The number of carbonyl (C=O) groups excluding carboxylic acids is 1. The van der Waals surface area contributed by atoms with Gasteiger partial charge in [-0.05, 0) is 167 Å². The number of aromatic amines is 3. The monoisotopic (exact) mass is 1490 g/mol. The molecule has 10 N–H and O–H groups in total. The highest BCUT2D eigenvalue weighted by molar-refractivity contribution is 5.78. The molecule has 3 fully saturated rings. The summed E-state index contributed by atoms with van der Waals surface area (Å²) in [5, 5.41) is 9.97. The SMILES string of the molecule is Cc1cccc(C(CN)Nc2ccc3c(c2)Cc2cccc(-c4cc(N5CCOCC5)cc(=O)[nH]4)c2O3)n1.Cc1cccc(C(CNC(=O)OC(C)(C)C)Nc2ccc3c(c2)Cc2cccc(-c4cc(N5CCOCC5)cc(=O)[nH]4)c2O3)n1.Nc1ccc2c(c1)Cc1cccc(-c3cc(N4CCOCC4)cc(=O)[nH]3)c1O2. The van der Waals surface area contributed by atoms with Crippen molar-refractivity contribution < 1.29 is 38.0 Å². The summed E-state index contributed by atoms with van der Waals surface area (Å²) < 4.78 is 41.0. The first-order valence-corrected chi connectivity index (χ1v) is 37.7. The Morgan fingerprint density at radius 2 is 0.838 bits per heavy atom. The predicted octanol–water partition coefficient (Wildman–Crippen LogP) is 13.5. The number of hydrogen-bond acceptors (Lipinski definition) is 20. The highest BCUT2D eigenvalue weighted by Gasteiger charge is 2.29. The van der Waals surface area contributed by atoms with Crippen LogP contribution in [0.5, 0.6) is 34.5 Å². The number of nitrogens with two attached hydrogens (primary N) is 2. The quantitative estimate of drug-likeness (QED) is 0.0442. The molecule has 24 nitrogen and oxygen atoms in total. The summed E-state index contributed by atoms with van der Waals surface area (Å²) in [5.41, 5.74) is 31.0. The number of rotatable bonds is 15. The topological polar surface area (TPSA) is 304 Å². The number of carbonyl (C=O) groups is 1. The number of alkyl carbamates (subject to hydrolysis) is 1. The number of aryl methyl sites for hydroxylation is 2. The summed E-state index contributed by atoms with van der Waals surface area (Å²) in [5.74, 6) is 4.67. The van der Waals surface area contributed by atoms with E-state index in [-0.39, 0.29) is 35.3 Å². The number of pyridine rings is 5. The van der Waals surface area contributed by atoms with Crippen molar-refractivity contribution in [2.45, 2.75) is 71.6 Å². The first kappa shape index (κ1) is 74.3. The van der Waals surface area contributed by atoms with Gasteiger partial charge in [0.15, 0.2) is 0 Å². The molecule has 1 amide bonds. The van der Waals surface area contributed by atoms with E-state index in [0.717, 1.165) is 205 Å². The second-order valence-electron chi connectivity index (χ2n) is 29.3. The Hall–Kier alpha value is -12.2. The maximum atomic E-state index is 12.7. The number of amides is 1. The number of H-pyrrole nitrogens is 3. The summed E-state index contributed by atoms with van der Waals surface area (Å²) in [7, 11) is 0. The van der Waals surface area contributed by atoms with Crippen LogP contribution in [0.15, 0.2) is 196 Å². The lowest BCUT2D eigenvalue weighted by Gasteiger charge is -2.29. The molecule has 24 heteroatoms. The highest BCUT2D eigenvalue weighted by Crippen LogP contribution is 2.47. The molecule has 0 aliphatic carbocycles. The number of nitrogen functional groups attached to an aromatic ring is 1. The van der Waals surface area contributed by atoms with Crippen molar-refractivity contribution in [3.63, 3.8) is 0 Å². The van der Waals surface area contributed by atoms with Gasteiger partial charge in [-0.25, -0.2) is 4.79 Å². The fourth-order valence-electron chi connectivity index (χ4n) is 14.7. The van der Waals surface area contributed by atoms with E-state index >= 15 is 0 Å². The van der Waals surface area contributed by atoms with Crippen LogP contribution in [-0.4, -0.2) is 129 Å². The molecule has 111 heavy (non-hydrogen) atoms. The lowest BCUT2D eigenvalue weighted by Crippen LogP contribution is -2.36. The number of anilines is 6. The first-order valence-electron chi connectivity index (χ1n) is 37.7. The van der Waals surface area contributed by atoms with Gasteiger partial charge in [-0.15, -0.1) is 0 Å². The van der Waals surface area contributed by atoms with E-state index in [1.165, 1.54) is 0 Å². The third-order valence-corrected chi connectivity index (χ3v) is 20.1. The fraction of sp³-hybridized carbons (Fsp3) is 0.287. The largest absolute Gasteiger partial charge is 0.456 e. The van der Waals surface area contributed by atoms with Crippen molar-refractivity contribution in [3.8, 4) is 68.3 Å². The number of ether oxygens (including phenoxy) is 7. The number of nitrogens with zero attached hydrogens (tertiary/aromatic N) is 5. The number of para-hydroxylation sites is 3. The van der Waals surface area contributed by atoms with Crippen LogP contribution in [-0.2, 0) is 38.2 Å². The van der Waals surface area contributed by atoms with E-state index in [1.807, 2.05) is 168 Å². The van der Waals surface area contributed by atoms with Gasteiger partial charge < -0.3 is 90.2 Å². The van der Waals surface area contributed by atoms with E-state index in [0.29, 0.717) is 58.3 Å². The minimum absolute atomic E-state index is 0.0908. The molecule has 17 rings (SSSR count). The third kappa shape index (κ3) is 17.8. The zero-order valence-electron chi connectivity index (χ0n) is 62.9. The molecule has 6 aliphatic heterocycles. The van der Waals surface area contributed by atoms with Crippen molar-refractivity contribution in [2.24, 2.45) is 5.73 Å². The molecule has 0 spiro atoms. The van der Waals surface area contributed by atoms with Crippen LogP contribution in [0.1, 0.15) is 89.0 Å². The third-order valence-electron chi connectivity index (χ3n) is 20.1. The molecular weight excluding hydrogens is 1400 g/mol. The average Bonchev–Trinajstić information content (AvgIpc) is 0.778. The lowest BCUT2D eigenvalue weighted by atomic mass is 9.96. The summed E-state index contributed by atoms with van der Waals surface area (Å²) >= 11 is 0. The number of benzene rings is 6. The maximum Gasteiger partial charge on any atom is 0.407 e. The highest BCUT2D eigenvalue weighted by atomic mass is 16.6. The van der Waals surface area contributed by atoms with Gasteiger partial charge in [0.25, 0.3) is 0 Å². The van der Waals surface area contributed by atoms with Crippen molar-refractivity contribution in [2.75, 3.05) is 123 Å². The van der Waals surface area contributed by atoms with E-state index < -0.39 is 11.7 Å². The summed E-state index contributed by atoms with van der Waals surface area (Å²) in [6.07, 6.45) is 1.64. The molecule has 0 bridgehead atoms. The number of hydrogen-bond donors (Lipinski definition) is 8. The van der Waals surface area contributed by atoms with Gasteiger partial charge in [-0.2, -0.15) is 0 Å².